The maximum Gasteiger partial charge on any atom is 0.325 e. The Balaban J connectivity index is 2.05. The molecule has 140 valence electrons. The number of ether oxygens (including phenoxy) is 1. The lowest BCUT2D eigenvalue weighted by atomic mass is 10.1. The summed E-state index contributed by atoms with van der Waals surface area (Å²) in [7, 11) is 1.21. The van der Waals surface area contributed by atoms with Crippen LogP contribution in [0.1, 0.15) is 20.7 Å². The summed E-state index contributed by atoms with van der Waals surface area (Å²) >= 11 is 3.05. The van der Waals surface area contributed by atoms with E-state index in [-0.39, 0.29) is 27.8 Å². The fourth-order valence-corrected chi connectivity index (χ4v) is 2.42. The Hall–Kier alpha value is -3.27. The minimum absolute atomic E-state index is 0.116. The molecule has 2 aromatic carbocycles. The molecule has 10 heteroatoms. The van der Waals surface area contributed by atoms with Crippen molar-refractivity contribution in [3.8, 4) is 0 Å². The van der Waals surface area contributed by atoms with Gasteiger partial charge in [0.05, 0.1) is 16.5 Å². The third-order valence-corrected chi connectivity index (χ3v) is 4.10. The molecular formula is C17H14BrN3O6. The van der Waals surface area contributed by atoms with Crippen molar-refractivity contribution in [3.05, 3.63) is 68.2 Å². The molecule has 0 aliphatic heterocycles. The first-order valence-corrected chi connectivity index (χ1v) is 8.31. The zero-order valence-electron chi connectivity index (χ0n) is 14.0. The Bertz CT molecular complexity index is 898. The van der Waals surface area contributed by atoms with Crippen molar-refractivity contribution in [2.45, 2.75) is 0 Å². The number of halogens is 1. The molecule has 0 heterocycles. The van der Waals surface area contributed by atoms with E-state index in [9.17, 15) is 24.5 Å². The molecule has 27 heavy (non-hydrogen) atoms. The third-order valence-electron chi connectivity index (χ3n) is 3.43. The Morgan fingerprint density at radius 3 is 2.30 bits per heavy atom. The van der Waals surface area contributed by atoms with Crippen LogP contribution in [0, 0.1) is 10.1 Å². The van der Waals surface area contributed by atoms with Crippen LogP contribution >= 0.6 is 15.9 Å². The van der Waals surface area contributed by atoms with Gasteiger partial charge in [-0.1, -0.05) is 0 Å². The molecule has 0 aliphatic carbocycles. The average Bonchev–Trinajstić information content (AvgIpc) is 2.66. The van der Waals surface area contributed by atoms with Crippen LogP contribution in [-0.2, 0) is 9.53 Å². The number of amides is 2. The average molecular weight is 436 g/mol. The normalized spacial score (nSPS) is 10.0. The first-order valence-electron chi connectivity index (χ1n) is 7.52. The molecule has 2 N–H and O–H groups in total. The van der Waals surface area contributed by atoms with E-state index in [4.69, 9.17) is 0 Å². The number of nitro groups is 1. The van der Waals surface area contributed by atoms with Gasteiger partial charge in [-0.15, -0.1) is 0 Å². The van der Waals surface area contributed by atoms with E-state index in [1.165, 1.54) is 43.5 Å². The van der Waals surface area contributed by atoms with Gasteiger partial charge in [0.25, 0.3) is 17.5 Å². The van der Waals surface area contributed by atoms with Gasteiger partial charge in [-0.05, 0) is 52.3 Å². The summed E-state index contributed by atoms with van der Waals surface area (Å²) in [5.74, 6) is -1.58. The van der Waals surface area contributed by atoms with Crippen LogP contribution in [0.4, 0.5) is 11.4 Å². The fraction of sp³-hybridized carbons (Fsp3) is 0.118. The standard InChI is InChI=1S/C17H14BrN3O6/c1-27-15(22)9-19-16(23)10-2-5-12(6-3-10)20-17(24)11-4-7-13(18)14(8-11)21(25)26/h2-8H,9H2,1H3,(H,19,23)(H,20,24). The van der Waals surface area contributed by atoms with Gasteiger partial charge in [-0.3, -0.25) is 24.5 Å². The molecule has 9 nitrogen and oxygen atoms in total. The second-order valence-electron chi connectivity index (χ2n) is 5.21. The lowest BCUT2D eigenvalue weighted by Gasteiger charge is -2.07. The minimum atomic E-state index is -0.595. The molecule has 0 atom stereocenters. The summed E-state index contributed by atoms with van der Waals surface area (Å²) < 4.78 is 4.70. The van der Waals surface area contributed by atoms with Crippen molar-refractivity contribution in [2.75, 3.05) is 19.0 Å². The second kappa shape index (κ2) is 8.90. The Kier molecular flexibility index (Phi) is 6.61. The lowest BCUT2D eigenvalue weighted by Crippen LogP contribution is -2.30. The summed E-state index contributed by atoms with van der Waals surface area (Å²) in [4.78, 5) is 45.5. The zero-order valence-corrected chi connectivity index (χ0v) is 15.6. The fourth-order valence-electron chi connectivity index (χ4n) is 2.03. The van der Waals surface area contributed by atoms with Crippen molar-refractivity contribution < 1.29 is 24.0 Å². The van der Waals surface area contributed by atoms with Crippen molar-refractivity contribution in [1.29, 1.82) is 0 Å². The van der Waals surface area contributed by atoms with E-state index < -0.39 is 22.7 Å². The SMILES string of the molecule is COC(=O)CNC(=O)c1ccc(NC(=O)c2ccc(Br)c([N+](=O)[O-])c2)cc1. The van der Waals surface area contributed by atoms with E-state index in [2.05, 4.69) is 31.3 Å². The highest BCUT2D eigenvalue weighted by molar-refractivity contribution is 9.10. The Morgan fingerprint density at radius 1 is 1.07 bits per heavy atom. The Labute approximate surface area is 162 Å². The molecule has 0 aliphatic rings. The molecular weight excluding hydrogens is 422 g/mol. The van der Waals surface area contributed by atoms with Crippen LogP contribution in [0.5, 0.6) is 0 Å². The van der Waals surface area contributed by atoms with E-state index in [1.807, 2.05) is 0 Å². The molecule has 0 radical (unpaired) electrons. The number of anilines is 1. The lowest BCUT2D eigenvalue weighted by molar-refractivity contribution is -0.385. The molecule has 0 bridgehead atoms. The number of nitro benzene ring substituents is 1. The maximum absolute atomic E-state index is 12.2. The van der Waals surface area contributed by atoms with Gasteiger partial charge in [0, 0.05) is 22.9 Å². The summed E-state index contributed by atoms with van der Waals surface area (Å²) in [5.41, 5.74) is 0.580. The predicted octanol–water partition coefficient (Wildman–Crippen LogP) is 2.51. The number of nitrogens with one attached hydrogen (secondary N) is 2. The van der Waals surface area contributed by atoms with Gasteiger partial charge in [0.2, 0.25) is 0 Å². The number of hydrogen-bond acceptors (Lipinski definition) is 6. The van der Waals surface area contributed by atoms with Crippen LogP contribution in [0.2, 0.25) is 0 Å². The Morgan fingerprint density at radius 2 is 1.70 bits per heavy atom. The summed E-state index contributed by atoms with van der Waals surface area (Å²) in [6, 6.07) is 9.95. The maximum atomic E-state index is 12.2. The molecule has 0 unspecified atom stereocenters. The number of carbonyl (C=O) groups is 3. The number of methoxy groups -OCH3 is 1. The summed E-state index contributed by atoms with van der Waals surface area (Å²) in [5, 5.41) is 15.9. The largest absolute Gasteiger partial charge is 0.468 e. The monoisotopic (exact) mass is 435 g/mol. The van der Waals surface area contributed by atoms with E-state index >= 15 is 0 Å². The number of rotatable bonds is 6. The molecule has 2 rings (SSSR count). The molecule has 0 saturated heterocycles. The molecule has 0 saturated carbocycles. The first kappa shape index (κ1) is 20.0. The highest BCUT2D eigenvalue weighted by Crippen LogP contribution is 2.26. The van der Waals surface area contributed by atoms with Crippen molar-refractivity contribution in [1.82, 2.24) is 5.32 Å². The zero-order chi connectivity index (χ0) is 20.0. The van der Waals surface area contributed by atoms with Crippen LogP contribution in [0.3, 0.4) is 0 Å². The van der Waals surface area contributed by atoms with Crippen molar-refractivity contribution >= 4 is 45.1 Å². The van der Waals surface area contributed by atoms with Gasteiger partial charge >= 0.3 is 5.97 Å². The van der Waals surface area contributed by atoms with Gasteiger partial charge in [-0.2, -0.15) is 0 Å². The number of nitrogens with zero attached hydrogens (tertiary/aromatic N) is 1. The van der Waals surface area contributed by atoms with Crippen LogP contribution in [0.25, 0.3) is 0 Å². The number of hydrogen-bond donors (Lipinski definition) is 2. The minimum Gasteiger partial charge on any atom is -0.468 e. The highest BCUT2D eigenvalue weighted by atomic mass is 79.9. The van der Waals surface area contributed by atoms with Crippen molar-refractivity contribution in [3.63, 3.8) is 0 Å². The number of carbonyl (C=O) groups excluding carboxylic acids is 3. The molecule has 0 fully saturated rings. The van der Waals surface area contributed by atoms with E-state index in [1.54, 1.807) is 0 Å². The van der Waals surface area contributed by atoms with Gasteiger partial charge in [0.15, 0.2) is 0 Å². The highest BCUT2D eigenvalue weighted by Gasteiger charge is 2.16. The molecule has 2 aromatic rings. The van der Waals surface area contributed by atoms with Crippen molar-refractivity contribution in [2.24, 2.45) is 0 Å². The molecule has 0 spiro atoms. The quantitative estimate of drug-likeness (QED) is 0.407. The van der Waals surface area contributed by atoms with Crippen LogP contribution < -0.4 is 10.6 Å². The van der Waals surface area contributed by atoms with Crippen LogP contribution in [0.15, 0.2) is 46.9 Å². The molecule has 0 aromatic heterocycles. The van der Waals surface area contributed by atoms with Gasteiger partial charge < -0.3 is 15.4 Å². The third kappa shape index (κ3) is 5.35. The van der Waals surface area contributed by atoms with E-state index in [0.29, 0.717) is 5.69 Å². The summed E-state index contributed by atoms with van der Waals surface area (Å²) in [6.07, 6.45) is 0. The second-order valence-corrected chi connectivity index (χ2v) is 6.07. The first-order chi connectivity index (χ1) is 12.8. The van der Waals surface area contributed by atoms with Gasteiger partial charge in [0.1, 0.15) is 6.54 Å². The number of benzene rings is 2. The predicted molar refractivity (Wildman–Crippen MR) is 99.5 cm³/mol. The van der Waals surface area contributed by atoms with Crippen LogP contribution in [-0.4, -0.2) is 36.4 Å². The van der Waals surface area contributed by atoms with Gasteiger partial charge in [-0.25, -0.2) is 0 Å². The topological polar surface area (TPSA) is 128 Å². The summed E-state index contributed by atoms with van der Waals surface area (Å²) in [6.45, 7) is -0.254. The van der Waals surface area contributed by atoms with E-state index in [0.717, 1.165) is 6.07 Å². The smallest absolute Gasteiger partial charge is 0.325 e. The molecule has 2 amide bonds. The number of esters is 1.